The third-order valence-corrected chi connectivity index (χ3v) is 2.52. The first-order chi connectivity index (χ1) is 9.55. The molecule has 0 heterocycles. The molecule has 0 radical (unpaired) electrons. The molecule has 6 nitrogen and oxygen atoms in total. The van der Waals surface area contributed by atoms with Crippen LogP contribution in [0.5, 0.6) is 0 Å². The van der Waals surface area contributed by atoms with Gasteiger partial charge in [-0.15, -0.1) is 0 Å². The van der Waals surface area contributed by atoms with Gasteiger partial charge in [-0.1, -0.05) is 13.8 Å². The Balaban J connectivity index is 4.58. The summed E-state index contributed by atoms with van der Waals surface area (Å²) in [4.78, 5) is 34.9. The second-order valence-corrected chi connectivity index (χ2v) is 6.36. The van der Waals surface area contributed by atoms with Crippen LogP contribution in [0.25, 0.3) is 0 Å². The van der Waals surface area contributed by atoms with Crippen LogP contribution < -0.4 is 5.32 Å². The first-order valence-corrected chi connectivity index (χ1v) is 7.14. The summed E-state index contributed by atoms with van der Waals surface area (Å²) in [5, 5.41) is 2.63. The Morgan fingerprint density at radius 2 is 1.67 bits per heavy atom. The lowest BCUT2D eigenvalue weighted by molar-refractivity contribution is -0.159. The van der Waals surface area contributed by atoms with Crippen LogP contribution in [0.15, 0.2) is 0 Å². The van der Waals surface area contributed by atoms with E-state index in [4.69, 9.17) is 4.74 Å². The lowest BCUT2D eigenvalue weighted by Crippen LogP contribution is -2.45. The molecule has 0 aliphatic carbocycles. The van der Waals surface area contributed by atoms with Gasteiger partial charge in [-0.3, -0.25) is 9.59 Å². The second kappa shape index (κ2) is 8.64. The largest absolute Gasteiger partial charge is 0.469 e. The summed E-state index contributed by atoms with van der Waals surface area (Å²) in [5.41, 5.74) is -0.608. The van der Waals surface area contributed by atoms with E-state index in [-0.39, 0.29) is 24.7 Å². The van der Waals surface area contributed by atoms with Crippen LogP contribution in [-0.2, 0) is 23.9 Å². The monoisotopic (exact) mass is 301 g/mol. The van der Waals surface area contributed by atoms with Crippen molar-refractivity contribution in [1.29, 1.82) is 0 Å². The number of rotatable bonds is 7. The highest BCUT2D eigenvalue weighted by Crippen LogP contribution is 2.13. The quantitative estimate of drug-likeness (QED) is 0.725. The Kier molecular flexibility index (Phi) is 7.99. The summed E-state index contributed by atoms with van der Waals surface area (Å²) >= 11 is 0. The average Bonchev–Trinajstić information content (AvgIpc) is 2.32. The molecule has 0 aromatic rings. The van der Waals surface area contributed by atoms with Gasteiger partial charge in [-0.2, -0.15) is 0 Å². The molecule has 1 atom stereocenters. The van der Waals surface area contributed by atoms with Crippen LogP contribution in [-0.4, -0.2) is 36.6 Å². The molecule has 0 saturated heterocycles. The summed E-state index contributed by atoms with van der Waals surface area (Å²) in [7, 11) is 1.27. The van der Waals surface area contributed by atoms with E-state index < -0.39 is 23.6 Å². The molecular weight excluding hydrogens is 274 g/mol. The van der Waals surface area contributed by atoms with Gasteiger partial charge in [0, 0.05) is 6.42 Å². The number of carbonyl (C=O) groups is 3. The molecule has 0 bridgehead atoms. The van der Waals surface area contributed by atoms with E-state index in [2.05, 4.69) is 10.1 Å². The first kappa shape index (κ1) is 19.4. The van der Waals surface area contributed by atoms with Crippen molar-refractivity contribution in [2.45, 2.75) is 65.5 Å². The molecule has 0 rings (SSSR count). The lowest BCUT2D eigenvalue weighted by Gasteiger charge is -2.25. The van der Waals surface area contributed by atoms with Gasteiger partial charge in [-0.05, 0) is 33.1 Å². The Bertz CT molecular complexity index is 371. The summed E-state index contributed by atoms with van der Waals surface area (Å²) in [6, 6.07) is -0.700. The molecule has 0 fully saturated rings. The fraction of sp³-hybridized carbons (Fsp3) is 0.800. The zero-order valence-electron chi connectivity index (χ0n) is 13.8. The fourth-order valence-electron chi connectivity index (χ4n) is 1.64. The van der Waals surface area contributed by atoms with Gasteiger partial charge in [0.25, 0.3) is 0 Å². The average molecular weight is 301 g/mol. The van der Waals surface area contributed by atoms with Crippen molar-refractivity contribution in [2.75, 3.05) is 7.11 Å². The van der Waals surface area contributed by atoms with Gasteiger partial charge < -0.3 is 14.8 Å². The van der Waals surface area contributed by atoms with Gasteiger partial charge in [0.1, 0.15) is 11.6 Å². The Labute approximate surface area is 126 Å². The molecule has 6 heteroatoms. The van der Waals surface area contributed by atoms with Crippen molar-refractivity contribution in [3.8, 4) is 0 Å². The third kappa shape index (κ3) is 9.87. The standard InChI is InChI=1S/C15H27NO5/c1-10(2)9-11(14(19)21-15(3,4)5)16-12(17)7-8-13(18)20-6/h10-11H,7-9H2,1-6H3,(H,16,17)/t11-/m0/s1. The molecule has 0 saturated carbocycles. The van der Waals surface area contributed by atoms with E-state index >= 15 is 0 Å². The molecule has 122 valence electrons. The highest BCUT2D eigenvalue weighted by atomic mass is 16.6. The first-order valence-electron chi connectivity index (χ1n) is 7.14. The Morgan fingerprint density at radius 1 is 1.10 bits per heavy atom. The van der Waals surface area contributed by atoms with Crippen LogP contribution in [0.4, 0.5) is 0 Å². The van der Waals surface area contributed by atoms with E-state index in [0.29, 0.717) is 6.42 Å². The van der Waals surface area contributed by atoms with Crippen molar-refractivity contribution in [1.82, 2.24) is 5.32 Å². The second-order valence-electron chi connectivity index (χ2n) is 6.36. The molecule has 0 aliphatic heterocycles. The molecule has 21 heavy (non-hydrogen) atoms. The maximum atomic E-state index is 12.1. The molecule has 1 amide bonds. The predicted octanol–water partition coefficient (Wildman–Crippen LogP) is 1.81. The zero-order chi connectivity index (χ0) is 16.6. The lowest BCUT2D eigenvalue weighted by atomic mass is 10.0. The van der Waals surface area contributed by atoms with Gasteiger partial charge in [0.15, 0.2) is 0 Å². The normalized spacial score (nSPS) is 12.7. The minimum absolute atomic E-state index is 0.00888. The van der Waals surface area contributed by atoms with Gasteiger partial charge in [-0.25, -0.2) is 4.79 Å². The molecule has 1 N–H and O–H groups in total. The summed E-state index contributed by atoms with van der Waals surface area (Å²) in [6.07, 6.45) is 0.466. The number of amides is 1. The number of ether oxygens (including phenoxy) is 2. The number of methoxy groups -OCH3 is 1. The van der Waals surface area contributed by atoms with Crippen LogP contribution in [0.2, 0.25) is 0 Å². The van der Waals surface area contributed by atoms with E-state index in [1.54, 1.807) is 20.8 Å². The summed E-state index contributed by atoms with van der Waals surface area (Å²) in [6.45, 7) is 9.24. The van der Waals surface area contributed by atoms with Crippen LogP contribution >= 0.6 is 0 Å². The van der Waals surface area contributed by atoms with Crippen molar-refractivity contribution in [3.05, 3.63) is 0 Å². The number of nitrogens with one attached hydrogen (secondary N) is 1. The van der Waals surface area contributed by atoms with Crippen molar-refractivity contribution in [3.63, 3.8) is 0 Å². The summed E-state index contributed by atoms with van der Waals surface area (Å²) in [5.74, 6) is -1.05. The third-order valence-electron chi connectivity index (χ3n) is 2.52. The fourth-order valence-corrected chi connectivity index (χ4v) is 1.64. The molecule has 0 spiro atoms. The van der Waals surface area contributed by atoms with Crippen LogP contribution in [0.1, 0.15) is 53.9 Å². The molecule has 0 unspecified atom stereocenters. The van der Waals surface area contributed by atoms with Crippen LogP contribution in [0, 0.1) is 5.92 Å². The van der Waals surface area contributed by atoms with Crippen LogP contribution in [0.3, 0.4) is 0 Å². The topological polar surface area (TPSA) is 81.7 Å². The van der Waals surface area contributed by atoms with Gasteiger partial charge in [0.05, 0.1) is 13.5 Å². The van der Waals surface area contributed by atoms with E-state index in [9.17, 15) is 14.4 Å². The highest BCUT2D eigenvalue weighted by Gasteiger charge is 2.27. The Morgan fingerprint density at radius 3 is 2.10 bits per heavy atom. The molecule has 0 aliphatic rings. The smallest absolute Gasteiger partial charge is 0.329 e. The van der Waals surface area contributed by atoms with Crippen molar-refractivity contribution < 1.29 is 23.9 Å². The van der Waals surface area contributed by atoms with E-state index in [1.807, 2.05) is 13.8 Å². The minimum Gasteiger partial charge on any atom is -0.469 e. The number of hydrogen-bond acceptors (Lipinski definition) is 5. The highest BCUT2D eigenvalue weighted by molar-refractivity contribution is 5.86. The van der Waals surface area contributed by atoms with Crippen molar-refractivity contribution in [2.24, 2.45) is 5.92 Å². The van der Waals surface area contributed by atoms with Gasteiger partial charge >= 0.3 is 11.9 Å². The molecular formula is C15H27NO5. The van der Waals surface area contributed by atoms with E-state index in [1.165, 1.54) is 7.11 Å². The summed E-state index contributed by atoms with van der Waals surface area (Å²) < 4.78 is 9.78. The maximum absolute atomic E-state index is 12.1. The molecule has 0 aromatic heterocycles. The SMILES string of the molecule is COC(=O)CCC(=O)N[C@@H](CC(C)C)C(=O)OC(C)(C)C. The molecule has 0 aromatic carbocycles. The van der Waals surface area contributed by atoms with Crippen molar-refractivity contribution >= 4 is 17.8 Å². The predicted molar refractivity (Wildman–Crippen MR) is 78.5 cm³/mol. The number of esters is 2. The number of carbonyl (C=O) groups excluding carboxylic acids is 3. The van der Waals surface area contributed by atoms with Gasteiger partial charge in [0.2, 0.25) is 5.91 Å². The zero-order valence-corrected chi connectivity index (χ0v) is 13.8. The Hall–Kier alpha value is -1.59. The maximum Gasteiger partial charge on any atom is 0.329 e. The minimum atomic E-state index is -0.700. The van der Waals surface area contributed by atoms with E-state index in [0.717, 1.165) is 0 Å². The number of hydrogen-bond donors (Lipinski definition) is 1.